The summed E-state index contributed by atoms with van der Waals surface area (Å²) in [5, 5.41) is 10.5. The van der Waals surface area contributed by atoms with Crippen LogP contribution in [0, 0.1) is 0 Å². The molecule has 1 N–H and O–H groups in total. The molecular formula is C18H32N2O. The van der Waals surface area contributed by atoms with Gasteiger partial charge in [0.15, 0.2) is 0 Å². The lowest BCUT2D eigenvalue weighted by Gasteiger charge is -2.31. The summed E-state index contributed by atoms with van der Waals surface area (Å²) in [6.45, 7) is 9.23. The molecule has 0 bridgehead atoms. The minimum atomic E-state index is -0.412. The third kappa shape index (κ3) is 6.16. The van der Waals surface area contributed by atoms with E-state index in [0.717, 1.165) is 31.5 Å². The van der Waals surface area contributed by atoms with Crippen LogP contribution in [0.3, 0.4) is 0 Å². The van der Waals surface area contributed by atoms with Gasteiger partial charge in [-0.1, -0.05) is 44.5 Å². The number of aryl methyl sites for hydroxylation is 1. The molecule has 0 radical (unpaired) electrons. The molecule has 0 aliphatic rings. The predicted molar refractivity (Wildman–Crippen MR) is 90.7 cm³/mol. The van der Waals surface area contributed by atoms with E-state index < -0.39 is 6.10 Å². The van der Waals surface area contributed by atoms with Crippen LogP contribution < -0.4 is 0 Å². The molecule has 3 nitrogen and oxygen atoms in total. The molecule has 0 spiro atoms. The first-order valence-electron chi connectivity index (χ1n) is 8.13. The Morgan fingerprint density at radius 1 is 1.05 bits per heavy atom. The molecule has 1 rings (SSSR count). The van der Waals surface area contributed by atoms with Crippen LogP contribution in [-0.2, 0) is 6.42 Å². The third-order valence-electron chi connectivity index (χ3n) is 3.97. The molecule has 0 saturated heterocycles. The van der Waals surface area contributed by atoms with Crippen LogP contribution in [0.2, 0.25) is 0 Å². The van der Waals surface area contributed by atoms with E-state index in [1.54, 1.807) is 0 Å². The lowest BCUT2D eigenvalue weighted by molar-refractivity contribution is 0.0859. The van der Waals surface area contributed by atoms with Crippen molar-refractivity contribution in [3.8, 4) is 0 Å². The Hall–Kier alpha value is -0.900. The minimum Gasteiger partial charge on any atom is -0.387 e. The summed E-state index contributed by atoms with van der Waals surface area (Å²) >= 11 is 0. The average Bonchev–Trinajstić information content (AvgIpc) is 2.44. The van der Waals surface area contributed by atoms with Crippen LogP contribution in [0.25, 0.3) is 0 Å². The highest BCUT2D eigenvalue weighted by Crippen LogP contribution is 2.17. The SMILES string of the molecule is CCCc1ccc(C(O)CN(CC)C(C)CN(C)C)cc1. The molecule has 2 atom stereocenters. The molecular weight excluding hydrogens is 260 g/mol. The molecule has 0 amide bonds. The van der Waals surface area contributed by atoms with Crippen molar-refractivity contribution < 1.29 is 5.11 Å². The van der Waals surface area contributed by atoms with E-state index in [2.05, 4.69) is 68.9 Å². The second-order valence-electron chi connectivity index (χ2n) is 6.21. The van der Waals surface area contributed by atoms with Crippen LogP contribution in [0.1, 0.15) is 44.4 Å². The van der Waals surface area contributed by atoms with E-state index in [4.69, 9.17) is 0 Å². The lowest BCUT2D eigenvalue weighted by Crippen LogP contribution is -2.42. The van der Waals surface area contributed by atoms with Crippen molar-refractivity contribution in [3.05, 3.63) is 35.4 Å². The van der Waals surface area contributed by atoms with E-state index in [-0.39, 0.29) is 0 Å². The molecule has 0 aliphatic carbocycles. The monoisotopic (exact) mass is 292 g/mol. The van der Waals surface area contributed by atoms with Gasteiger partial charge < -0.3 is 10.0 Å². The minimum absolute atomic E-state index is 0.412. The number of aliphatic hydroxyl groups excluding tert-OH is 1. The number of rotatable bonds is 9. The Bertz CT molecular complexity index is 389. The Morgan fingerprint density at radius 2 is 1.67 bits per heavy atom. The van der Waals surface area contributed by atoms with Gasteiger partial charge in [-0.25, -0.2) is 0 Å². The zero-order chi connectivity index (χ0) is 15.8. The maximum atomic E-state index is 10.5. The Labute approximate surface area is 130 Å². The molecule has 0 aliphatic heterocycles. The maximum Gasteiger partial charge on any atom is 0.0917 e. The molecule has 3 heteroatoms. The molecule has 21 heavy (non-hydrogen) atoms. The van der Waals surface area contributed by atoms with Gasteiger partial charge in [0.05, 0.1) is 6.10 Å². The van der Waals surface area contributed by atoms with Crippen molar-refractivity contribution in [1.29, 1.82) is 0 Å². The van der Waals surface area contributed by atoms with E-state index in [1.807, 2.05) is 0 Å². The number of aliphatic hydroxyl groups is 1. The number of likely N-dealkylation sites (N-methyl/N-ethyl adjacent to an activating group) is 2. The standard InChI is InChI=1S/C18H32N2O/c1-6-8-16-9-11-17(12-10-16)18(21)14-20(7-2)15(3)13-19(4)5/h9-12,15,18,21H,6-8,13-14H2,1-5H3. The van der Waals surface area contributed by atoms with Crippen molar-refractivity contribution in [1.82, 2.24) is 9.80 Å². The molecule has 1 aromatic carbocycles. The predicted octanol–water partition coefficient (Wildman–Crippen LogP) is 2.94. The van der Waals surface area contributed by atoms with Gasteiger partial charge in [-0.05, 0) is 45.1 Å². The highest BCUT2D eigenvalue weighted by molar-refractivity contribution is 5.24. The number of benzene rings is 1. The topological polar surface area (TPSA) is 26.7 Å². The summed E-state index contributed by atoms with van der Waals surface area (Å²) in [4.78, 5) is 4.53. The van der Waals surface area contributed by atoms with E-state index in [1.165, 1.54) is 5.56 Å². The Morgan fingerprint density at radius 3 is 2.14 bits per heavy atom. The third-order valence-corrected chi connectivity index (χ3v) is 3.97. The van der Waals surface area contributed by atoms with Gasteiger partial charge in [-0.2, -0.15) is 0 Å². The zero-order valence-corrected chi connectivity index (χ0v) is 14.3. The fourth-order valence-electron chi connectivity index (χ4n) is 2.79. The van der Waals surface area contributed by atoms with Crippen molar-refractivity contribution in [2.24, 2.45) is 0 Å². The van der Waals surface area contributed by atoms with Crippen LogP contribution >= 0.6 is 0 Å². The quantitative estimate of drug-likeness (QED) is 0.758. The summed E-state index contributed by atoms with van der Waals surface area (Å²) in [6.07, 6.45) is 1.86. The summed E-state index contributed by atoms with van der Waals surface area (Å²) in [5.74, 6) is 0. The van der Waals surface area contributed by atoms with Crippen molar-refractivity contribution in [2.75, 3.05) is 33.7 Å². The molecule has 0 saturated carbocycles. The van der Waals surface area contributed by atoms with Crippen molar-refractivity contribution in [2.45, 2.75) is 45.8 Å². The first kappa shape index (κ1) is 18.1. The molecule has 0 fully saturated rings. The Kier molecular flexibility index (Phi) is 7.94. The lowest BCUT2D eigenvalue weighted by atomic mass is 10.0. The highest BCUT2D eigenvalue weighted by Gasteiger charge is 2.17. The maximum absolute atomic E-state index is 10.5. The molecule has 1 aromatic rings. The summed E-state index contributed by atoms with van der Waals surface area (Å²) in [5.41, 5.74) is 2.37. The van der Waals surface area contributed by atoms with Crippen LogP contribution in [0.15, 0.2) is 24.3 Å². The number of nitrogens with zero attached hydrogens (tertiary/aromatic N) is 2. The highest BCUT2D eigenvalue weighted by atomic mass is 16.3. The van der Waals surface area contributed by atoms with Crippen LogP contribution in [0.4, 0.5) is 0 Å². The first-order valence-corrected chi connectivity index (χ1v) is 8.13. The zero-order valence-electron chi connectivity index (χ0n) is 14.3. The van der Waals surface area contributed by atoms with E-state index in [9.17, 15) is 5.11 Å². The van der Waals surface area contributed by atoms with Gasteiger partial charge >= 0.3 is 0 Å². The molecule has 0 heterocycles. The van der Waals surface area contributed by atoms with Crippen molar-refractivity contribution >= 4 is 0 Å². The molecule has 120 valence electrons. The van der Waals surface area contributed by atoms with Crippen LogP contribution in [0.5, 0.6) is 0 Å². The first-order chi connectivity index (χ1) is 9.97. The van der Waals surface area contributed by atoms with Crippen LogP contribution in [-0.4, -0.2) is 54.7 Å². The summed E-state index contributed by atoms with van der Waals surface area (Å²) in [7, 11) is 4.18. The largest absolute Gasteiger partial charge is 0.387 e. The smallest absolute Gasteiger partial charge is 0.0917 e. The number of hydrogen-bond acceptors (Lipinski definition) is 3. The fraction of sp³-hybridized carbons (Fsp3) is 0.667. The van der Waals surface area contributed by atoms with Gasteiger partial charge in [-0.15, -0.1) is 0 Å². The summed E-state index contributed by atoms with van der Waals surface area (Å²) in [6, 6.07) is 8.86. The number of hydrogen-bond donors (Lipinski definition) is 1. The van der Waals surface area contributed by atoms with Gasteiger partial charge in [0, 0.05) is 19.1 Å². The molecule has 0 aromatic heterocycles. The second-order valence-corrected chi connectivity index (χ2v) is 6.21. The summed E-state index contributed by atoms with van der Waals surface area (Å²) < 4.78 is 0. The average molecular weight is 292 g/mol. The second kappa shape index (κ2) is 9.19. The van der Waals surface area contributed by atoms with Crippen molar-refractivity contribution in [3.63, 3.8) is 0 Å². The van der Waals surface area contributed by atoms with E-state index in [0.29, 0.717) is 12.6 Å². The van der Waals surface area contributed by atoms with E-state index >= 15 is 0 Å². The molecule has 2 unspecified atom stereocenters. The van der Waals surface area contributed by atoms with Gasteiger partial charge in [0.25, 0.3) is 0 Å². The fourth-order valence-corrected chi connectivity index (χ4v) is 2.79. The van der Waals surface area contributed by atoms with Gasteiger partial charge in [0.2, 0.25) is 0 Å². The van der Waals surface area contributed by atoms with Gasteiger partial charge in [-0.3, -0.25) is 4.90 Å². The van der Waals surface area contributed by atoms with Gasteiger partial charge in [0.1, 0.15) is 0 Å². The normalized spacial score (nSPS) is 14.7. The Balaban J connectivity index is 2.62.